The van der Waals surface area contributed by atoms with Crippen molar-refractivity contribution >= 4 is 123 Å². The van der Waals surface area contributed by atoms with Crippen LogP contribution in [0, 0.1) is 0 Å². The van der Waals surface area contributed by atoms with E-state index < -0.39 is 5.60 Å². The van der Waals surface area contributed by atoms with Crippen LogP contribution in [0.4, 0.5) is 0 Å². The van der Waals surface area contributed by atoms with E-state index in [1.165, 1.54) is 11.1 Å². The van der Waals surface area contributed by atoms with Gasteiger partial charge in [0.25, 0.3) is 0 Å². The van der Waals surface area contributed by atoms with Gasteiger partial charge in [0.15, 0.2) is 0 Å². The number of aliphatic hydroxyl groups is 1. The predicted octanol–water partition coefficient (Wildman–Crippen LogP) is 19.7. The van der Waals surface area contributed by atoms with Gasteiger partial charge in [-0.1, -0.05) is 154 Å². The molecule has 0 bridgehead atoms. The Morgan fingerprint density at radius 2 is 0.960 bits per heavy atom. The van der Waals surface area contributed by atoms with Crippen molar-refractivity contribution in [3.05, 3.63) is 204 Å². The van der Waals surface area contributed by atoms with Crippen LogP contribution in [0.15, 0.2) is 144 Å². The maximum atomic E-state index is 11.3. The van der Waals surface area contributed by atoms with Gasteiger partial charge in [-0.05, 0) is 156 Å². The van der Waals surface area contributed by atoms with E-state index in [2.05, 4.69) is 82.4 Å². The number of halogens is 9. The minimum absolute atomic E-state index is 0.234. The maximum absolute atomic E-state index is 11.3. The van der Waals surface area contributed by atoms with Crippen LogP contribution in [0.2, 0.25) is 30.1 Å². The van der Waals surface area contributed by atoms with E-state index in [9.17, 15) is 9.90 Å². The average Bonchev–Trinajstić information content (AvgIpc) is 4.32. The highest BCUT2D eigenvalue weighted by Gasteiger charge is 2.46. The summed E-state index contributed by atoms with van der Waals surface area (Å²) in [5.41, 5.74) is 6.54. The van der Waals surface area contributed by atoms with Crippen molar-refractivity contribution in [2.75, 3.05) is 0 Å². The van der Waals surface area contributed by atoms with Crippen LogP contribution in [0.3, 0.4) is 0 Å². The molecule has 0 radical (unpaired) electrons. The normalized spacial score (nSPS) is 18.0. The molecule has 0 unspecified atom stereocenters. The molecule has 0 amide bonds. The number of hydrogen-bond acceptors (Lipinski definition) is 8. The Balaban J connectivity index is 0.000000145. The Morgan fingerprint density at radius 3 is 1.37 bits per heavy atom. The van der Waals surface area contributed by atoms with Crippen LogP contribution in [0.1, 0.15) is 114 Å². The van der Waals surface area contributed by atoms with Crippen molar-refractivity contribution < 1.29 is 28.4 Å². The van der Waals surface area contributed by atoms with Gasteiger partial charge in [0.1, 0.15) is 53.4 Å². The third-order valence-electron chi connectivity index (χ3n) is 13.8. The lowest BCUT2D eigenvalue weighted by Crippen LogP contribution is -2.40. The number of hydrogen-bond donors (Lipinski definition) is 1. The molecule has 2 aromatic heterocycles. The van der Waals surface area contributed by atoms with Gasteiger partial charge < -0.3 is 23.6 Å². The first-order valence-corrected chi connectivity index (χ1v) is 28.9. The third-order valence-corrected chi connectivity index (χ3v) is 17.7. The lowest BCUT2D eigenvalue weighted by Gasteiger charge is -2.44. The molecule has 4 saturated carbocycles. The monoisotopic (exact) mass is 1310 g/mol. The Labute approximate surface area is 489 Å². The first-order valence-electron chi connectivity index (χ1n) is 24.2. The second-order valence-corrected chi connectivity index (χ2v) is 24.3. The Kier molecular flexibility index (Phi) is 17.2. The number of benzene rings is 6. The third kappa shape index (κ3) is 12.7. The van der Waals surface area contributed by atoms with Crippen molar-refractivity contribution in [1.29, 1.82) is 0 Å². The molecule has 6 aromatic carbocycles. The van der Waals surface area contributed by atoms with Crippen LogP contribution in [0.5, 0.6) is 11.5 Å². The van der Waals surface area contributed by atoms with E-state index in [1.54, 1.807) is 48.5 Å². The molecule has 4 aliphatic rings. The summed E-state index contributed by atoms with van der Waals surface area (Å²) in [7, 11) is 0. The van der Waals surface area contributed by atoms with Crippen LogP contribution in [-0.2, 0) is 23.6 Å². The van der Waals surface area contributed by atoms with Gasteiger partial charge in [-0.25, -0.2) is 0 Å². The van der Waals surface area contributed by atoms with Crippen LogP contribution >= 0.6 is 117 Å². The molecular formula is C58H45Br3Cl6N2O6. The first-order chi connectivity index (χ1) is 36.1. The summed E-state index contributed by atoms with van der Waals surface area (Å²) in [5.74, 6) is 4.82. The molecule has 0 aliphatic heterocycles. The van der Waals surface area contributed by atoms with Crippen LogP contribution in [-0.4, -0.2) is 21.2 Å². The molecule has 4 aliphatic carbocycles. The van der Waals surface area contributed by atoms with E-state index in [1.807, 2.05) is 48.5 Å². The van der Waals surface area contributed by atoms with E-state index in [0.29, 0.717) is 113 Å². The number of Topliss-reactive ketones (excluding diaryl/α,β-unsaturated/α-hetero) is 1. The minimum Gasteiger partial charge on any atom is -0.489 e. The summed E-state index contributed by atoms with van der Waals surface area (Å²) in [4.78, 5) is 10.7. The van der Waals surface area contributed by atoms with Gasteiger partial charge >= 0.3 is 0 Å². The van der Waals surface area contributed by atoms with E-state index in [4.69, 9.17) is 88.1 Å². The maximum Gasteiger partial charge on any atom is 0.147 e. The Morgan fingerprint density at radius 1 is 0.533 bits per heavy atom. The highest BCUT2D eigenvalue weighted by atomic mass is 79.9. The zero-order valence-corrected chi connectivity index (χ0v) is 49.0. The lowest BCUT2D eigenvalue weighted by atomic mass is 9.65. The number of aromatic nitrogens is 2. The van der Waals surface area contributed by atoms with Gasteiger partial charge in [-0.3, -0.25) is 4.79 Å². The summed E-state index contributed by atoms with van der Waals surface area (Å²) in [6.07, 6.45) is 7.01. The number of nitrogens with zero attached hydrogens (tertiary/aromatic N) is 2. The molecule has 386 valence electrons. The van der Waals surface area contributed by atoms with Crippen molar-refractivity contribution in [1.82, 2.24) is 10.3 Å². The Hall–Kier alpha value is -3.85. The fourth-order valence-electron chi connectivity index (χ4n) is 9.34. The van der Waals surface area contributed by atoms with E-state index in [0.717, 1.165) is 80.2 Å². The second kappa shape index (κ2) is 23.6. The standard InChI is InChI=1S/C29H23BrCl3NO3.C19H13BrCl3NO2.C10H9BrO/c30-19-8-6-16(7-9-19)18-13-29(35,14-18)22-11-10-20(12-25(22)33)36-15-21-27(34-37-28(21)17-4-5-17)26-23(31)2-1-3-24(26)32;20-13-7-6-11(8-16(13)23)25-9-12-18(24-26-19(12)10-4-5-10)17-14(21)2-1-3-15(17)22;11-9-3-1-7(2-4-9)8-5-10(12)6-8/h1-3,6-12,17-18,35H,4-5,13-15H2;1-3,6-8,10H,4-5,9H2;1-4,8H,5-6H2. The molecule has 1 N–H and O–H groups in total. The summed E-state index contributed by atoms with van der Waals surface area (Å²) in [5, 5.41) is 23.0. The summed E-state index contributed by atoms with van der Waals surface area (Å²) in [6, 6.07) is 38.1. The fourth-order valence-corrected chi connectivity index (χ4v) is 11.8. The van der Waals surface area contributed by atoms with Crippen molar-refractivity contribution in [2.45, 2.75) is 93.9 Å². The number of carbonyl (C=O) groups is 1. The smallest absolute Gasteiger partial charge is 0.147 e. The molecule has 0 saturated heterocycles. The highest BCUT2D eigenvalue weighted by molar-refractivity contribution is 9.11. The predicted molar refractivity (Wildman–Crippen MR) is 308 cm³/mol. The number of ketones is 1. The van der Waals surface area contributed by atoms with Crippen molar-refractivity contribution in [2.24, 2.45) is 0 Å². The number of carbonyl (C=O) groups excluding carboxylic acids is 1. The fraction of sp³-hybridized carbons (Fsp3) is 0.259. The molecule has 75 heavy (non-hydrogen) atoms. The molecular weight excluding hydrogens is 1270 g/mol. The Bertz CT molecular complexity index is 3330. The molecule has 12 rings (SSSR count). The highest BCUT2D eigenvalue weighted by Crippen LogP contribution is 2.53. The summed E-state index contributed by atoms with van der Waals surface area (Å²) in [6.45, 7) is 0.530. The van der Waals surface area contributed by atoms with E-state index in [-0.39, 0.29) is 6.61 Å². The number of rotatable bonds is 13. The minimum atomic E-state index is -0.949. The van der Waals surface area contributed by atoms with Crippen LogP contribution < -0.4 is 9.47 Å². The topological polar surface area (TPSA) is 108 Å². The zero-order valence-electron chi connectivity index (χ0n) is 39.7. The SMILES string of the molecule is Clc1cc(OCc2c(-c3c(Cl)cccc3Cl)noc2C2CC2)ccc1Br.O=C1CC(c2ccc(Br)cc2)C1.OC1(c2ccc(OCc3c(-c4c(Cl)cccc4Cl)noc3C3CC3)cc2Cl)CC(c2ccc(Br)cc2)C1. The van der Waals surface area contributed by atoms with Gasteiger partial charge in [0.05, 0.1) is 46.9 Å². The molecule has 0 atom stereocenters. The van der Waals surface area contributed by atoms with Crippen LogP contribution in [0.25, 0.3) is 22.5 Å². The van der Waals surface area contributed by atoms with Gasteiger partial charge in [-0.2, -0.15) is 0 Å². The number of ether oxygens (including phenoxy) is 2. The van der Waals surface area contributed by atoms with Gasteiger partial charge in [0, 0.05) is 54.8 Å². The zero-order chi connectivity index (χ0) is 52.5. The largest absolute Gasteiger partial charge is 0.489 e. The quantitative estimate of drug-likeness (QED) is 0.122. The van der Waals surface area contributed by atoms with Gasteiger partial charge in [0.2, 0.25) is 0 Å². The molecule has 8 nitrogen and oxygen atoms in total. The summed E-state index contributed by atoms with van der Waals surface area (Å²) < 4.78 is 26.4. The molecule has 4 fully saturated rings. The average molecular weight is 1320 g/mol. The van der Waals surface area contributed by atoms with Gasteiger partial charge in [-0.15, -0.1) is 0 Å². The first kappa shape index (κ1) is 54.5. The van der Waals surface area contributed by atoms with Crippen molar-refractivity contribution in [3.63, 3.8) is 0 Å². The molecule has 2 heterocycles. The second-order valence-electron chi connectivity index (χ2n) is 19.2. The van der Waals surface area contributed by atoms with Crippen molar-refractivity contribution in [3.8, 4) is 34.0 Å². The molecule has 8 aromatic rings. The lowest BCUT2D eigenvalue weighted by molar-refractivity contribution is -0.124. The molecule has 17 heteroatoms. The summed E-state index contributed by atoms with van der Waals surface area (Å²) >= 11 is 48.7. The molecule has 0 spiro atoms. The van der Waals surface area contributed by atoms with E-state index >= 15 is 0 Å².